The second-order valence-corrected chi connectivity index (χ2v) is 10.7. The third-order valence-electron chi connectivity index (χ3n) is 7.62. The molecule has 0 spiro atoms. The van der Waals surface area contributed by atoms with Crippen molar-refractivity contribution in [2.24, 2.45) is 0 Å². The van der Waals surface area contributed by atoms with E-state index in [0.717, 1.165) is 25.7 Å². The first-order valence-corrected chi connectivity index (χ1v) is 15.5. The summed E-state index contributed by atoms with van der Waals surface area (Å²) >= 11 is 0. The minimum Gasteiger partial charge on any atom is -0.507 e. The van der Waals surface area contributed by atoms with Gasteiger partial charge in [-0.05, 0) is 79.2 Å². The van der Waals surface area contributed by atoms with Crippen molar-refractivity contribution in [1.82, 2.24) is 0 Å². The van der Waals surface area contributed by atoms with Crippen LogP contribution in [-0.4, -0.2) is 5.11 Å². The highest BCUT2D eigenvalue weighted by Gasteiger charge is 2.22. The summed E-state index contributed by atoms with van der Waals surface area (Å²) in [7, 11) is 0. The van der Waals surface area contributed by atoms with Gasteiger partial charge in [-0.3, -0.25) is 0 Å². The number of unbranched alkanes of at least 4 members (excludes halogenated alkanes) is 12. The van der Waals surface area contributed by atoms with E-state index in [4.69, 9.17) is 0 Å². The lowest BCUT2D eigenvalue weighted by Crippen LogP contribution is -2.11. The molecule has 0 fully saturated rings. The van der Waals surface area contributed by atoms with Crippen molar-refractivity contribution in [3.8, 4) is 5.75 Å². The van der Waals surface area contributed by atoms with Crippen LogP contribution in [0.5, 0.6) is 5.75 Å². The number of phenolic OH excluding ortho intramolecular Hbond substituents is 1. The van der Waals surface area contributed by atoms with Gasteiger partial charge in [-0.2, -0.15) is 0 Å². The highest BCUT2D eigenvalue weighted by molar-refractivity contribution is 5.56. The molecule has 0 saturated heterocycles. The maximum absolute atomic E-state index is 11.6. The number of aromatic hydroxyl groups is 1. The summed E-state index contributed by atoms with van der Waals surface area (Å²) in [5, 5.41) is 11.6. The molecule has 0 aliphatic heterocycles. The lowest BCUT2D eigenvalue weighted by atomic mass is 9.81. The molecule has 0 aliphatic carbocycles. The number of hydrogen-bond donors (Lipinski definition) is 1. The van der Waals surface area contributed by atoms with E-state index in [1.165, 1.54) is 132 Å². The monoisotopic (exact) mass is 472 g/mol. The molecular weight excluding hydrogens is 412 g/mol. The van der Waals surface area contributed by atoms with Crippen molar-refractivity contribution in [1.29, 1.82) is 0 Å². The summed E-state index contributed by atoms with van der Waals surface area (Å²) in [5.41, 5.74) is 7.43. The summed E-state index contributed by atoms with van der Waals surface area (Å²) in [5.74, 6) is 0.694. The third kappa shape index (κ3) is 11.2. The van der Waals surface area contributed by atoms with Crippen LogP contribution in [0.1, 0.15) is 172 Å². The molecule has 1 rings (SSSR count). The number of phenols is 1. The second kappa shape index (κ2) is 20.2. The van der Waals surface area contributed by atoms with Crippen LogP contribution in [0.4, 0.5) is 0 Å². The largest absolute Gasteiger partial charge is 0.507 e. The highest BCUT2D eigenvalue weighted by Crippen LogP contribution is 2.38. The van der Waals surface area contributed by atoms with Gasteiger partial charge in [0.15, 0.2) is 0 Å². The maximum atomic E-state index is 11.6. The van der Waals surface area contributed by atoms with Gasteiger partial charge in [-0.25, -0.2) is 0 Å². The van der Waals surface area contributed by atoms with Crippen molar-refractivity contribution in [3.63, 3.8) is 0 Å². The van der Waals surface area contributed by atoms with Gasteiger partial charge >= 0.3 is 0 Å². The Balaban J connectivity index is 3.30. The summed E-state index contributed by atoms with van der Waals surface area (Å²) in [6.45, 7) is 11.5. The Bertz CT molecular complexity index is 630. The molecule has 1 N–H and O–H groups in total. The van der Waals surface area contributed by atoms with Crippen LogP contribution in [-0.2, 0) is 32.1 Å². The van der Waals surface area contributed by atoms with Crippen LogP contribution in [0.25, 0.3) is 0 Å². The molecule has 0 aromatic heterocycles. The predicted molar refractivity (Wildman–Crippen MR) is 153 cm³/mol. The molecule has 1 nitrogen and oxygen atoms in total. The first-order chi connectivity index (χ1) is 16.7. The van der Waals surface area contributed by atoms with Gasteiger partial charge in [-0.1, -0.05) is 125 Å². The Morgan fingerprint density at radius 3 is 1.03 bits per heavy atom. The van der Waals surface area contributed by atoms with Crippen molar-refractivity contribution >= 4 is 0 Å². The molecule has 1 aromatic carbocycles. The van der Waals surface area contributed by atoms with Crippen LogP contribution >= 0.6 is 0 Å². The first-order valence-electron chi connectivity index (χ1n) is 15.5. The molecular formula is C33H60O. The lowest BCUT2D eigenvalue weighted by Gasteiger charge is -2.25. The molecule has 0 unspecified atom stereocenters. The minimum absolute atomic E-state index is 0.694. The fourth-order valence-electron chi connectivity index (χ4n) is 5.67. The van der Waals surface area contributed by atoms with E-state index in [1.54, 1.807) is 11.1 Å². The van der Waals surface area contributed by atoms with E-state index in [-0.39, 0.29) is 0 Å². The zero-order chi connectivity index (χ0) is 25.0. The second-order valence-electron chi connectivity index (χ2n) is 10.7. The van der Waals surface area contributed by atoms with Crippen LogP contribution in [0.2, 0.25) is 0 Å². The van der Waals surface area contributed by atoms with Gasteiger partial charge in [0.2, 0.25) is 0 Å². The lowest BCUT2D eigenvalue weighted by molar-refractivity contribution is 0.454. The Labute approximate surface area is 214 Å². The van der Waals surface area contributed by atoms with Gasteiger partial charge in [0.05, 0.1) is 0 Å². The molecule has 34 heavy (non-hydrogen) atoms. The smallest absolute Gasteiger partial charge is 0.122 e. The fraction of sp³-hybridized carbons (Fsp3) is 0.818. The Hall–Kier alpha value is -0.980. The first kappa shape index (κ1) is 31.1. The molecule has 1 heteroatoms. The standard InChI is InChI=1S/C33H60O/c1-6-11-14-17-20-25-29-28(23-9-4)31(24-10-5)33(34)32(27-22-19-16-13-8-3)30(29)26-21-18-15-12-7-2/h34H,6-27H2,1-5H3. The van der Waals surface area contributed by atoms with E-state index in [2.05, 4.69) is 34.6 Å². The van der Waals surface area contributed by atoms with Gasteiger partial charge in [-0.15, -0.1) is 0 Å². The van der Waals surface area contributed by atoms with E-state index < -0.39 is 0 Å². The predicted octanol–water partition coefficient (Wildman–Crippen LogP) is 10.8. The zero-order valence-corrected chi connectivity index (χ0v) is 24.0. The van der Waals surface area contributed by atoms with Crippen molar-refractivity contribution < 1.29 is 5.11 Å². The van der Waals surface area contributed by atoms with Gasteiger partial charge < -0.3 is 5.11 Å². The topological polar surface area (TPSA) is 20.2 Å². The van der Waals surface area contributed by atoms with Crippen LogP contribution in [0.3, 0.4) is 0 Å². The normalized spacial score (nSPS) is 11.4. The fourth-order valence-corrected chi connectivity index (χ4v) is 5.67. The maximum Gasteiger partial charge on any atom is 0.122 e. The van der Waals surface area contributed by atoms with E-state index in [0.29, 0.717) is 5.75 Å². The number of hydrogen-bond acceptors (Lipinski definition) is 1. The van der Waals surface area contributed by atoms with Crippen molar-refractivity contribution in [3.05, 3.63) is 27.8 Å². The third-order valence-corrected chi connectivity index (χ3v) is 7.62. The molecule has 0 heterocycles. The molecule has 0 atom stereocenters. The number of rotatable bonds is 22. The molecule has 0 amide bonds. The Kier molecular flexibility index (Phi) is 18.5. The van der Waals surface area contributed by atoms with Crippen LogP contribution in [0.15, 0.2) is 0 Å². The van der Waals surface area contributed by atoms with Crippen molar-refractivity contribution in [2.75, 3.05) is 0 Å². The SMILES string of the molecule is CCCCCCCc1c(O)c(CCC)c(CCC)c(CCCCCCC)c1CCCCCCC. The zero-order valence-electron chi connectivity index (χ0n) is 24.0. The van der Waals surface area contributed by atoms with Gasteiger partial charge in [0, 0.05) is 0 Å². The Morgan fingerprint density at radius 1 is 0.324 bits per heavy atom. The van der Waals surface area contributed by atoms with Crippen LogP contribution < -0.4 is 0 Å². The quantitative estimate of drug-likeness (QED) is 0.166. The molecule has 0 aliphatic rings. The molecule has 1 aromatic rings. The van der Waals surface area contributed by atoms with E-state index >= 15 is 0 Å². The van der Waals surface area contributed by atoms with Gasteiger partial charge in [0.25, 0.3) is 0 Å². The molecule has 0 saturated carbocycles. The molecule has 0 bridgehead atoms. The summed E-state index contributed by atoms with van der Waals surface area (Å²) in [4.78, 5) is 0. The highest BCUT2D eigenvalue weighted by atomic mass is 16.3. The molecule has 0 radical (unpaired) electrons. The Morgan fingerprint density at radius 2 is 0.618 bits per heavy atom. The summed E-state index contributed by atoms with van der Waals surface area (Å²) in [6.07, 6.45) is 27.8. The average molecular weight is 473 g/mol. The molecule has 198 valence electrons. The summed E-state index contributed by atoms with van der Waals surface area (Å²) < 4.78 is 0. The van der Waals surface area contributed by atoms with E-state index in [1.807, 2.05) is 0 Å². The van der Waals surface area contributed by atoms with E-state index in [9.17, 15) is 5.11 Å². The summed E-state index contributed by atoms with van der Waals surface area (Å²) in [6, 6.07) is 0. The van der Waals surface area contributed by atoms with Crippen LogP contribution in [0, 0.1) is 0 Å². The van der Waals surface area contributed by atoms with Crippen molar-refractivity contribution in [2.45, 2.75) is 176 Å². The van der Waals surface area contributed by atoms with Gasteiger partial charge in [0.1, 0.15) is 5.75 Å². The number of benzene rings is 1. The average Bonchev–Trinajstić information content (AvgIpc) is 2.83. The minimum atomic E-state index is 0.694.